The fraction of sp³-hybridized carbons (Fsp3) is 0.718. The van der Waals surface area contributed by atoms with Gasteiger partial charge in [0.25, 0.3) is 0 Å². The molecule has 4 N–H and O–H groups in total. The molecule has 7 aliphatic rings. The average Bonchev–Trinajstić information content (AvgIpc) is 3.51. The third-order valence-electron chi connectivity index (χ3n) is 12.7. The van der Waals surface area contributed by atoms with Gasteiger partial charge in [0.05, 0.1) is 11.2 Å². The molecular formula is C39H56N6OS. The second-order valence-corrected chi connectivity index (χ2v) is 17.6. The molecule has 2 heterocycles. The Balaban J connectivity index is 0.971. The molecule has 1 aliphatic heterocycles. The van der Waals surface area contributed by atoms with E-state index in [1.54, 1.807) is 6.21 Å². The third kappa shape index (κ3) is 7.63. The highest BCUT2D eigenvalue weighted by Gasteiger charge is 2.55. The van der Waals surface area contributed by atoms with Gasteiger partial charge >= 0.3 is 0 Å². The molecule has 0 amide bonds. The van der Waals surface area contributed by atoms with Crippen molar-refractivity contribution in [2.24, 2.45) is 34.1 Å². The van der Waals surface area contributed by atoms with Gasteiger partial charge in [-0.05, 0) is 131 Å². The van der Waals surface area contributed by atoms with Gasteiger partial charge in [0.1, 0.15) is 16.9 Å². The smallest absolute Gasteiger partial charge is 0.125 e. The first-order valence-corrected chi connectivity index (χ1v) is 19.6. The number of thioether (sulfide) groups is 1. The minimum atomic E-state index is -0.453. The summed E-state index contributed by atoms with van der Waals surface area (Å²) in [5.74, 6) is 3.99. The van der Waals surface area contributed by atoms with Crippen molar-refractivity contribution < 1.29 is 5.11 Å². The van der Waals surface area contributed by atoms with Gasteiger partial charge in [-0.15, -0.1) is 11.8 Å². The fourth-order valence-corrected chi connectivity index (χ4v) is 11.6. The topological polar surface area (TPSA) is 105 Å². The standard InChI is InChI=1S/C39H56N6OS/c1-3-28-17-34(32(21-40)24-44-36(28)43-23-29-7-6-14-41-37(29)47-33-8-4-5-9-33)45-25-39-18-27-15-30(19-39)35(31(16-27)20-39)42-22-26-10-12-38(2,46)13-11-26/h6-7,14,24,26-27,30-31,33,35,42-43,45-46H,3-5,8-13,15-20,22-23,25H2,1-2H3. The number of nitrogens with one attached hydrogen (secondary N) is 3. The van der Waals surface area contributed by atoms with Gasteiger partial charge < -0.3 is 21.1 Å². The SMILES string of the molecule is CCC1=C(NCc2cccnc2SC2CCCC2)N=CC(C#N)=C(NCC23CC4CC(C2)C(NCC2CCC(C)(O)CC2)C(C4)C3)C1. The van der Waals surface area contributed by atoms with Crippen LogP contribution in [0.15, 0.2) is 51.0 Å². The van der Waals surface area contributed by atoms with Gasteiger partial charge in [-0.1, -0.05) is 25.8 Å². The Morgan fingerprint density at radius 3 is 2.55 bits per heavy atom. The van der Waals surface area contributed by atoms with Crippen LogP contribution in [0.3, 0.4) is 0 Å². The first-order chi connectivity index (χ1) is 22.8. The van der Waals surface area contributed by atoms with Crippen LogP contribution in [0.25, 0.3) is 0 Å². The Morgan fingerprint density at radius 2 is 1.83 bits per heavy atom. The lowest BCUT2D eigenvalue weighted by Crippen LogP contribution is -2.60. The molecule has 8 rings (SSSR count). The lowest BCUT2D eigenvalue weighted by atomic mass is 9.48. The van der Waals surface area contributed by atoms with E-state index in [2.05, 4.69) is 35.0 Å². The van der Waals surface area contributed by atoms with E-state index < -0.39 is 5.60 Å². The quantitative estimate of drug-likeness (QED) is 0.186. The minimum Gasteiger partial charge on any atom is -0.390 e. The summed E-state index contributed by atoms with van der Waals surface area (Å²) in [4.78, 5) is 9.59. The molecule has 0 aromatic carbocycles. The maximum Gasteiger partial charge on any atom is 0.125 e. The number of aromatic nitrogens is 1. The van der Waals surface area contributed by atoms with Crippen LogP contribution in [-0.4, -0.2) is 46.3 Å². The highest BCUT2D eigenvalue weighted by Crippen LogP contribution is 2.60. The molecule has 8 heteroatoms. The van der Waals surface area contributed by atoms with Crippen LogP contribution in [0.5, 0.6) is 0 Å². The molecule has 254 valence electrons. The Bertz CT molecular complexity index is 1390. The molecule has 0 saturated heterocycles. The molecule has 6 aliphatic carbocycles. The number of nitriles is 1. The molecular weight excluding hydrogens is 601 g/mol. The van der Waals surface area contributed by atoms with Crippen molar-refractivity contribution in [1.29, 1.82) is 5.26 Å². The zero-order valence-corrected chi connectivity index (χ0v) is 29.5. The van der Waals surface area contributed by atoms with Gasteiger partial charge in [-0.25, -0.2) is 9.98 Å². The maximum absolute atomic E-state index is 10.4. The van der Waals surface area contributed by atoms with Crippen LogP contribution >= 0.6 is 11.8 Å². The van der Waals surface area contributed by atoms with Crippen molar-refractivity contribution in [3.63, 3.8) is 0 Å². The van der Waals surface area contributed by atoms with Crippen molar-refractivity contribution in [2.75, 3.05) is 13.1 Å². The molecule has 2 unspecified atom stereocenters. The van der Waals surface area contributed by atoms with Crippen molar-refractivity contribution in [3.8, 4) is 6.07 Å². The van der Waals surface area contributed by atoms with Crippen LogP contribution in [0.4, 0.5) is 0 Å². The number of pyridine rings is 1. The summed E-state index contributed by atoms with van der Waals surface area (Å²) in [6.45, 7) is 6.98. The molecule has 2 atom stereocenters. The van der Waals surface area contributed by atoms with Gasteiger partial charge in [0, 0.05) is 54.5 Å². The third-order valence-corrected chi connectivity index (χ3v) is 14.1. The normalized spacial score (nSPS) is 35.3. The van der Waals surface area contributed by atoms with Crippen molar-refractivity contribution in [1.82, 2.24) is 20.9 Å². The van der Waals surface area contributed by atoms with Crippen LogP contribution < -0.4 is 16.0 Å². The van der Waals surface area contributed by atoms with Gasteiger partial charge in [0.2, 0.25) is 0 Å². The number of hydrogen-bond acceptors (Lipinski definition) is 8. The van der Waals surface area contributed by atoms with Gasteiger partial charge in [-0.2, -0.15) is 5.26 Å². The lowest BCUT2D eigenvalue weighted by molar-refractivity contribution is -0.0758. The predicted octanol–water partition coefficient (Wildman–Crippen LogP) is 7.39. The largest absolute Gasteiger partial charge is 0.390 e. The Kier molecular flexibility index (Phi) is 10.1. The summed E-state index contributed by atoms with van der Waals surface area (Å²) in [6.07, 6.45) is 21.4. The molecule has 1 aromatic rings. The molecule has 0 spiro atoms. The number of aliphatic imine (C=N–C) groups is 1. The highest BCUT2D eigenvalue weighted by atomic mass is 32.2. The zero-order chi connectivity index (χ0) is 32.4. The monoisotopic (exact) mass is 656 g/mol. The van der Waals surface area contributed by atoms with Crippen LogP contribution in [0.1, 0.15) is 116 Å². The predicted molar refractivity (Wildman–Crippen MR) is 191 cm³/mol. The van der Waals surface area contributed by atoms with Crippen molar-refractivity contribution >= 4 is 18.0 Å². The number of rotatable bonds is 12. The van der Waals surface area contributed by atoms with Gasteiger partial charge in [-0.3, -0.25) is 0 Å². The molecule has 0 radical (unpaired) electrons. The second-order valence-electron chi connectivity index (χ2n) is 16.3. The number of aliphatic hydroxyl groups is 1. The van der Waals surface area contributed by atoms with E-state index in [1.807, 2.05) is 30.9 Å². The first-order valence-electron chi connectivity index (χ1n) is 18.8. The van der Waals surface area contributed by atoms with Gasteiger partial charge in [0.15, 0.2) is 0 Å². The molecule has 6 saturated carbocycles. The summed E-state index contributed by atoms with van der Waals surface area (Å²) in [6, 6.07) is 7.34. The zero-order valence-electron chi connectivity index (χ0n) is 28.7. The van der Waals surface area contributed by atoms with E-state index in [9.17, 15) is 10.4 Å². The lowest BCUT2D eigenvalue weighted by Gasteiger charge is -2.60. The van der Waals surface area contributed by atoms with E-state index in [4.69, 9.17) is 9.98 Å². The number of hydrogen-bond donors (Lipinski definition) is 4. The minimum absolute atomic E-state index is 0.333. The Morgan fingerprint density at radius 1 is 1.06 bits per heavy atom. The number of allylic oxidation sites excluding steroid dienone is 2. The van der Waals surface area contributed by atoms with Crippen LogP contribution in [0.2, 0.25) is 0 Å². The highest BCUT2D eigenvalue weighted by molar-refractivity contribution is 7.99. The van der Waals surface area contributed by atoms with Crippen LogP contribution in [0, 0.1) is 40.4 Å². The summed E-state index contributed by atoms with van der Waals surface area (Å²) in [7, 11) is 0. The molecule has 7 nitrogen and oxygen atoms in total. The molecule has 4 bridgehead atoms. The van der Waals surface area contributed by atoms with Crippen molar-refractivity contribution in [2.45, 2.75) is 139 Å². The summed E-state index contributed by atoms with van der Waals surface area (Å²) < 4.78 is 0. The Hall–Kier alpha value is -2.34. The summed E-state index contributed by atoms with van der Waals surface area (Å²) in [5.41, 5.74) is 4.07. The molecule has 1 aromatic heterocycles. The first kappa shape index (κ1) is 33.2. The van der Waals surface area contributed by atoms with E-state index in [0.717, 1.165) is 85.9 Å². The Labute approximate surface area is 286 Å². The molecule has 47 heavy (non-hydrogen) atoms. The van der Waals surface area contributed by atoms with E-state index in [0.29, 0.717) is 34.7 Å². The van der Waals surface area contributed by atoms with E-state index in [1.165, 1.54) is 68.9 Å². The van der Waals surface area contributed by atoms with E-state index >= 15 is 0 Å². The molecule has 6 fully saturated rings. The fourth-order valence-electron chi connectivity index (χ4n) is 10.3. The van der Waals surface area contributed by atoms with Crippen molar-refractivity contribution in [3.05, 3.63) is 46.6 Å². The van der Waals surface area contributed by atoms with Crippen LogP contribution in [-0.2, 0) is 6.54 Å². The van der Waals surface area contributed by atoms with E-state index in [-0.39, 0.29) is 0 Å². The second kappa shape index (κ2) is 14.3. The number of nitrogens with zero attached hydrogens (tertiary/aromatic N) is 3. The summed E-state index contributed by atoms with van der Waals surface area (Å²) >= 11 is 1.94. The summed E-state index contributed by atoms with van der Waals surface area (Å²) in [5, 5.41) is 34.0. The maximum atomic E-state index is 10.4. The average molecular weight is 657 g/mol.